The molecule has 1 atom stereocenters. The fourth-order valence-electron chi connectivity index (χ4n) is 3.44. The van der Waals surface area contributed by atoms with Crippen LogP contribution in [-0.4, -0.2) is 22.1 Å². The van der Waals surface area contributed by atoms with Gasteiger partial charge in [-0.05, 0) is 29.8 Å². The summed E-state index contributed by atoms with van der Waals surface area (Å²) in [7, 11) is 1.61. The minimum Gasteiger partial charge on any atom is -1.00 e. The van der Waals surface area contributed by atoms with E-state index in [1.165, 1.54) is 12.1 Å². The van der Waals surface area contributed by atoms with Crippen molar-refractivity contribution in [3.8, 4) is 5.75 Å². The van der Waals surface area contributed by atoms with Crippen LogP contribution in [0.15, 0.2) is 67.0 Å². The van der Waals surface area contributed by atoms with E-state index in [1.807, 2.05) is 35.0 Å². The van der Waals surface area contributed by atoms with Crippen molar-refractivity contribution < 1.29 is 36.3 Å². The first-order valence-electron chi connectivity index (χ1n) is 8.73. The van der Waals surface area contributed by atoms with E-state index in [4.69, 9.17) is 4.74 Å². The maximum Gasteiger partial charge on any atom is 0.397 e. The van der Waals surface area contributed by atoms with E-state index in [9.17, 15) is 15.2 Å². The van der Waals surface area contributed by atoms with Crippen LogP contribution in [0.2, 0.25) is 0 Å². The number of nitro benzene ring substituents is 1. The average molecular weight is 459 g/mol. The van der Waals surface area contributed by atoms with E-state index < -0.39 is 10.6 Å². The molecule has 0 saturated heterocycles. The SMILES string of the molecule is COc1ccc(CN2c3nccc[n+]3C[C@@]2(O)c2ccc([N+](=O)[O-])cc2)cc1.[Br-]. The van der Waals surface area contributed by atoms with E-state index in [1.54, 1.807) is 36.4 Å². The third kappa shape index (κ3) is 3.79. The molecule has 0 spiro atoms. The van der Waals surface area contributed by atoms with Crippen molar-refractivity contribution in [1.82, 2.24) is 4.98 Å². The number of halogens is 1. The summed E-state index contributed by atoms with van der Waals surface area (Å²) >= 11 is 0. The molecule has 1 aromatic heterocycles. The van der Waals surface area contributed by atoms with Gasteiger partial charge in [0.25, 0.3) is 5.69 Å². The van der Waals surface area contributed by atoms with Crippen LogP contribution in [0.3, 0.4) is 0 Å². The lowest BCUT2D eigenvalue weighted by Crippen LogP contribution is -3.00. The first-order valence-corrected chi connectivity index (χ1v) is 8.73. The van der Waals surface area contributed by atoms with Crippen molar-refractivity contribution in [2.24, 2.45) is 0 Å². The topological polar surface area (TPSA) is 92.6 Å². The Morgan fingerprint density at radius 3 is 2.55 bits per heavy atom. The van der Waals surface area contributed by atoms with E-state index in [-0.39, 0.29) is 29.2 Å². The molecule has 8 nitrogen and oxygen atoms in total. The lowest BCUT2D eigenvalue weighted by Gasteiger charge is -2.28. The number of hydrogen-bond donors (Lipinski definition) is 1. The molecule has 2 aromatic carbocycles. The summed E-state index contributed by atoms with van der Waals surface area (Å²) in [5, 5.41) is 22.6. The number of rotatable bonds is 5. The van der Waals surface area contributed by atoms with Crippen LogP contribution in [0.1, 0.15) is 11.1 Å². The highest BCUT2D eigenvalue weighted by molar-refractivity contribution is 5.43. The number of hydrogen-bond acceptors (Lipinski definition) is 6. The number of fused-ring (bicyclic) bond motifs is 1. The second-order valence-electron chi connectivity index (χ2n) is 6.60. The number of aromatic nitrogens is 2. The number of benzene rings is 2. The van der Waals surface area contributed by atoms with Gasteiger partial charge in [-0.2, -0.15) is 0 Å². The normalized spacial score (nSPS) is 17.4. The van der Waals surface area contributed by atoms with E-state index in [0.717, 1.165) is 11.3 Å². The molecule has 150 valence electrons. The van der Waals surface area contributed by atoms with Gasteiger partial charge >= 0.3 is 5.95 Å². The average Bonchev–Trinajstić information content (AvgIpc) is 3.01. The highest BCUT2D eigenvalue weighted by Gasteiger charge is 2.51. The first kappa shape index (κ1) is 20.7. The van der Waals surface area contributed by atoms with Crippen LogP contribution < -0.4 is 31.2 Å². The van der Waals surface area contributed by atoms with Gasteiger partial charge in [-0.3, -0.25) is 10.1 Å². The van der Waals surface area contributed by atoms with Crippen LogP contribution in [0.4, 0.5) is 11.6 Å². The zero-order valence-corrected chi connectivity index (χ0v) is 17.2. The molecule has 0 aliphatic carbocycles. The van der Waals surface area contributed by atoms with Gasteiger partial charge < -0.3 is 26.8 Å². The Labute approximate surface area is 177 Å². The third-order valence-electron chi connectivity index (χ3n) is 4.92. The van der Waals surface area contributed by atoms with Crippen LogP contribution in [0.25, 0.3) is 0 Å². The maximum absolute atomic E-state index is 11.6. The summed E-state index contributed by atoms with van der Waals surface area (Å²) in [5.41, 5.74) is 0.142. The van der Waals surface area contributed by atoms with Crippen LogP contribution in [0.5, 0.6) is 5.75 Å². The molecule has 1 aliphatic rings. The molecule has 29 heavy (non-hydrogen) atoms. The van der Waals surface area contributed by atoms with Crippen molar-refractivity contribution in [1.29, 1.82) is 0 Å². The summed E-state index contributed by atoms with van der Waals surface area (Å²) in [5.74, 6) is 1.38. The minimum absolute atomic E-state index is 0. The van der Waals surface area contributed by atoms with Gasteiger partial charge in [-0.25, -0.2) is 9.47 Å². The summed E-state index contributed by atoms with van der Waals surface area (Å²) in [4.78, 5) is 16.7. The van der Waals surface area contributed by atoms with Gasteiger partial charge in [0.05, 0.1) is 24.8 Å². The second kappa shape index (κ2) is 8.14. The fourth-order valence-corrected chi connectivity index (χ4v) is 3.44. The lowest BCUT2D eigenvalue weighted by molar-refractivity contribution is -0.685. The van der Waals surface area contributed by atoms with Crippen molar-refractivity contribution in [3.63, 3.8) is 0 Å². The van der Waals surface area contributed by atoms with Gasteiger partial charge in [0.2, 0.25) is 5.72 Å². The quantitative estimate of drug-likeness (QED) is 0.304. The standard InChI is InChI=1S/C20H19N4O4.BrH/c1-28-18-9-3-15(4-10-18)13-23-19-21-11-2-12-22(19)14-20(23,25)16-5-7-17(8-6-16)24(26)27;/h2-12,25H,13-14H2,1H3;1H/q+1;/p-1/t20-;/m1./s1. The maximum atomic E-state index is 11.6. The van der Waals surface area contributed by atoms with Crippen molar-refractivity contribution in [2.75, 3.05) is 12.0 Å². The van der Waals surface area contributed by atoms with Gasteiger partial charge in [0, 0.05) is 23.8 Å². The van der Waals surface area contributed by atoms with Gasteiger partial charge in [0.1, 0.15) is 18.5 Å². The predicted molar refractivity (Wildman–Crippen MR) is 101 cm³/mol. The summed E-state index contributed by atoms with van der Waals surface area (Å²) in [6, 6.07) is 15.4. The molecule has 0 unspecified atom stereocenters. The first-order chi connectivity index (χ1) is 13.5. The molecule has 1 aliphatic heterocycles. The molecule has 0 radical (unpaired) electrons. The Morgan fingerprint density at radius 2 is 1.93 bits per heavy atom. The Balaban J connectivity index is 0.00000240. The number of nitrogens with zero attached hydrogens (tertiary/aromatic N) is 4. The largest absolute Gasteiger partial charge is 1.00 e. The fraction of sp³-hybridized carbons (Fsp3) is 0.200. The Bertz CT molecular complexity index is 1010. The number of nitro groups is 1. The van der Waals surface area contributed by atoms with Crippen molar-refractivity contribution >= 4 is 11.6 Å². The lowest BCUT2D eigenvalue weighted by atomic mass is 10.0. The molecule has 9 heteroatoms. The smallest absolute Gasteiger partial charge is 0.397 e. The van der Waals surface area contributed by atoms with Gasteiger partial charge in [-0.1, -0.05) is 17.1 Å². The number of methoxy groups -OCH3 is 1. The Morgan fingerprint density at radius 1 is 1.24 bits per heavy atom. The van der Waals surface area contributed by atoms with E-state index in [2.05, 4.69) is 4.98 Å². The molecular formula is C20H19BrN4O4. The number of non-ortho nitro benzene ring substituents is 1. The Hall–Kier alpha value is -3.04. The van der Waals surface area contributed by atoms with Crippen LogP contribution >= 0.6 is 0 Å². The van der Waals surface area contributed by atoms with Gasteiger partial charge in [0.15, 0.2) is 0 Å². The molecule has 1 N–H and O–H groups in total. The highest BCUT2D eigenvalue weighted by Crippen LogP contribution is 2.35. The van der Waals surface area contributed by atoms with Crippen LogP contribution in [-0.2, 0) is 18.8 Å². The monoisotopic (exact) mass is 458 g/mol. The minimum atomic E-state index is -1.38. The molecular weight excluding hydrogens is 440 g/mol. The summed E-state index contributed by atoms with van der Waals surface area (Å²) in [6.07, 6.45) is 3.53. The molecule has 0 saturated carbocycles. The third-order valence-corrected chi connectivity index (χ3v) is 4.92. The molecule has 0 amide bonds. The zero-order chi connectivity index (χ0) is 19.7. The number of ether oxygens (including phenoxy) is 1. The summed E-state index contributed by atoms with van der Waals surface area (Å²) in [6.45, 7) is 0.679. The highest BCUT2D eigenvalue weighted by atomic mass is 79.9. The zero-order valence-electron chi connectivity index (χ0n) is 15.6. The van der Waals surface area contributed by atoms with E-state index in [0.29, 0.717) is 18.1 Å². The molecule has 0 bridgehead atoms. The van der Waals surface area contributed by atoms with Crippen molar-refractivity contribution in [3.05, 3.63) is 88.2 Å². The molecule has 3 aromatic rings. The van der Waals surface area contributed by atoms with E-state index >= 15 is 0 Å². The second-order valence-corrected chi connectivity index (χ2v) is 6.60. The molecule has 4 rings (SSSR count). The van der Waals surface area contributed by atoms with Gasteiger partial charge in [-0.15, -0.1) is 0 Å². The number of anilines is 1. The number of aliphatic hydroxyl groups is 1. The molecule has 0 fully saturated rings. The summed E-state index contributed by atoms with van der Waals surface area (Å²) < 4.78 is 7.07. The van der Waals surface area contributed by atoms with Crippen molar-refractivity contribution in [2.45, 2.75) is 18.8 Å². The Kier molecular flexibility index (Phi) is 5.81. The predicted octanol–water partition coefficient (Wildman–Crippen LogP) is -0.845. The van der Waals surface area contributed by atoms with Crippen LogP contribution in [0, 0.1) is 10.1 Å². The molecule has 2 heterocycles.